The number of imidazole rings is 1. The molecule has 1 aliphatic rings. The number of nitrogens with two attached hydrogens (primary N) is 1. The summed E-state index contributed by atoms with van der Waals surface area (Å²) in [5, 5.41) is 1.90. The van der Waals surface area contributed by atoms with E-state index in [-0.39, 0.29) is 10.8 Å². The van der Waals surface area contributed by atoms with Crippen molar-refractivity contribution < 1.29 is 8.42 Å². The predicted molar refractivity (Wildman–Crippen MR) is 78.4 cm³/mol. The molecule has 1 saturated heterocycles. The highest BCUT2D eigenvalue weighted by Gasteiger charge is 2.31. The molecular formula is C11H17N5O2S2. The maximum Gasteiger partial charge on any atom is 0.262 e. The van der Waals surface area contributed by atoms with Crippen molar-refractivity contribution in [2.75, 3.05) is 39.0 Å². The Morgan fingerprint density at radius 3 is 2.90 bits per heavy atom. The predicted octanol–water partition coefficient (Wildman–Crippen LogP) is 0.304. The van der Waals surface area contributed by atoms with E-state index in [0.717, 1.165) is 19.5 Å². The second-order valence-electron chi connectivity index (χ2n) is 4.92. The van der Waals surface area contributed by atoms with Crippen LogP contribution in [0.3, 0.4) is 0 Å². The Labute approximate surface area is 121 Å². The van der Waals surface area contributed by atoms with E-state index in [1.54, 1.807) is 16.0 Å². The minimum Gasteiger partial charge on any atom is -0.381 e. The zero-order chi connectivity index (χ0) is 14.3. The second kappa shape index (κ2) is 4.99. The maximum absolute atomic E-state index is 12.8. The fourth-order valence-electron chi connectivity index (χ4n) is 2.42. The fraction of sp³-hybridized carbons (Fsp3) is 0.545. The van der Waals surface area contributed by atoms with Crippen LogP contribution in [0.1, 0.15) is 6.42 Å². The Kier molecular flexibility index (Phi) is 3.44. The summed E-state index contributed by atoms with van der Waals surface area (Å²) in [6.45, 7) is 2.63. The van der Waals surface area contributed by atoms with Gasteiger partial charge in [-0.15, -0.1) is 11.3 Å². The average molecular weight is 315 g/mol. The molecule has 0 atom stereocenters. The lowest BCUT2D eigenvalue weighted by molar-refractivity contribution is 0.347. The minimum absolute atomic E-state index is 0.0782. The second-order valence-corrected chi connectivity index (χ2v) is 7.64. The first kappa shape index (κ1) is 13.8. The lowest BCUT2D eigenvalue weighted by Crippen LogP contribution is -2.35. The molecule has 0 radical (unpaired) electrons. The molecule has 0 aromatic carbocycles. The SMILES string of the molecule is CN1CCCN(S(=O)(=O)c2c(N)nc3sccn23)CC1. The summed E-state index contributed by atoms with van der Waals surface area (Å²) in [6, 6.07) is 0. The van der Waals surface area contributed by atoms with Gasteiger partial charge in [-0.25, -0.2) is 13.4 Å². The Morgan fingerprint density at radius 1 is 1.30 bits per heavy atom. The molecule has 3 heterocycles. The molecule has 2 aromatic rings. The molecule has 0 unspecified atom stereocenters. The number of nitrogen functional groups attached to an aromatic ring is 1. The molecule has 2 aromatic heterocycles. The number of nitrogens with zero attached hydrogens (tertiary/aromatic N) is 4. The van der Waals surface area contributed by atoms with Gasteiger partial charge in [0.15, 0.2) is 15.8 Å². The lowest BCUT2D eigenvalue weighted by Gasteiger charge is -2.19. The van der Waals surface area contributed by atoms with E-state index >= 15 is 0 Å². The van der Waals surface area contributed by atoms with Crippen LogP contribution in [0.4, 0.5) is 5.82 Å². The Balaban J connectivity index is 2.03. The normalized spacial score (nSPS) is 19.4. The van der Waals surface area contributed by atoms with Crippen molar-refractivity contribution >= 4 is 32.1 Å². The van der Waals surface area contributed by atoms with Crippen molar-refractivity contribution in [3.63, 3.8) is 0 Å². The van der Waals surface area contributed by atoms with Crippen LogP contribution >= 0.6 is 11.3 Å². The number of rotatable bonds is 2. The van der Waals surface area contributed by atoms with Gasteiger partial charge in [0, 0.05) is 31.2 Å². The first-order valence-corrected chi connectivity index (χ1v) is 8.72. The van der Waals surface area contributed by atoms with Crippen molar-refractivity contribution in [1.29, 1.82) is 0 Å². The number of thiazole rings is 1. The third-order valence-electron chi connectivity index (χ3n) is 3.51. The highest BCUT2D eigenvalue weighted by molar-refractivity contribution is 7.89. The third kappa shape index (κ3) is 2.20. The first-order chi connectivity index (χ1) is 9.50. The summed E-state index contributed by atoms with van der Waals surface area (Å²) in [7, 11) is -1.60. The lowest BCUT2D eigenvalue weighted by atomic mass is 10.4. The molecule has 3 rings (SSSR count). The van der Waals surface area contributed by atoms with E-state index < -0.39 is 10.0 Å². The number of anilines is 1. The van der Waals surface area contributed by atoms with Crippen LogP contribution in [0.25, 0.3) is 4.96 Å². The monoisotopic (exact) mass is 315 g/mol. The van der Waals surface area contributed by atoms with Gasteiger partial charge >= 0.3 is 0 Å². The highest BCUT2D eigenvalue weighted by atomic mass is 32.2. The van der Waals surface area contributed by atoms with E-state index in [1.807, 2.05) is 7.05 Å². The van der Waals surface area contributed by atoms with Crippen molar-refractivity contribution in [3.05, 3.63) is 11.6 Å². The quantitative estimate of drug-likeness (QED) is 0.862. The molecule has 0 amide bonds. The number of hydrogen-bond donors (Lipinski definition) is 1. The number of hydrogen-bond acceptors (Lipinski definition) is 6. The Hall–Kier alpha value is -1.16. The zero-order valence-electron chi connectivity index (χ0n) is 11.2. The van der Waals surface area contributed by atoms with Crippen molar-refractivity contribution in [2.45, 2.75) is 11.4 Å². The molecule has 110 valence electrons. The molecule has 20 heavy (non-hydrogen) atoms. The van der Waals surface area contributed by atoms with Crippen LogP contribution in [0.2, 0.25) is 0 Å². The van der Waals surface area contributed by atoms with Crippen LogP contribution in [-0.4, -0.2) is 60.2 Å². The first-order valence-electron chi connectivity index (χ1n) is 6.40. The fourth-order valence-corrected chi connectivity index (χ4v) is 4.84. The summed E-state index contributed by atoms with van der Waals surface area (Å²) < 4.78 is 28.7. The Morgan fingerprint density at radius 2 is 2.10 bits per heavy atom. The molecule has 7 nitrogen and oxygen atoms in total. The van der Waals surface area contributed by atoms with Crippen LogP contribution in [0, 0.1) is 0 Å². The molecule has 1 aliphatic heterocycles. The van der Waals surface area contributed by atoms with Gasteiger partial charge in [-0.05, 0) is 20.0 Å². The smallest absolute Gasteiger partial charge is 0.262 e. The summed E-state index contributed by atoms with van der Waals surface area (Å²) in [5.74, 6) is 0.0782. The molecule has 2 N–H and O–H groups in total. The molecule has 9 heteroatoms. The van der Waals surface area contributed by atoms with E-state index in [1.165, 1.54) is 15.6 Å². The number of likely N-dealkylation sites (N-methyl/N-ethyl adjacent to an activating group) is 1. The third-order valence-corrected chi connectivity index (χ3v) is 6.20. The van der Waals surface area contributed by atoms with E-state index in [9.17, 15) is 8.42 Å². The van der Waals surface area contributed by atoms with Gasteiger partial charge in [-0.2, -0.15) is 4.31 Å². The van der Waals surface area contributed by atoms with Crippen LogP contribution in [0.5, 0.6) is 0 Å². The summed E-state index contributed by atoms with van der Waals surface area (Å²) in [6.07, 6.45) is 2.52. The molecule has 0 bridgehead atoms. The molecule has 0 saturated carbocycles. The van der Waals surface area contributed by atoms with Crippen LogP contribution in [0.15, 0.2) is 16.6 Å². The molecular weight excluding hydrogens is 298 g/mol. The summed E-state index contributed by atoms with van der Waals surface area (Å²) in [4.78, 5) is 6.85. The number of aromatic nitrogens is 2. The standard InChI is InChI=1S/C11H17N5O2S2/c1-14-3-2-4-15(6-5-14)20(17,18)10-9(12)13-11-16(10)7-8-19-11/h7-8H,2-6,12H2,1H3. The van der Waals surface area contributed by atoms with E-state index in [0.29, 0.717) is 18.1 Å². The van der Waals surface area contributed by atoms with Crippen molar-refractivity contribution in [2.24, 2.45) is 0 Å². The van der Waals surface area contributed by atoms with Crippen LogP contribution in [-0.2, 0) is 10.0 Å². The van der Waals surface area contributed by atoms with Gasteiger partial charge in [0.25, 0.3) is 10.0 Å². The van der Waals surface area contributed by atoms with Gasteiger partial charge in [0.1, 0.15) is 0 Å². The number of sulfonamides is 1. The van der Waals surface area contributed by atoms with Gasteiger partial charge in [0.05, 0.1) is 0 Å². The minimum atomic E-state index is -3.60. The topological polar surface area (TPSA) is 83.9 Å². The maximum atomic E-state index is 12.8. The van der Waals surface area contributed by atoms with Gasteiger partial charge < -0.3 is 10.6 Å². The largest absolute Gasteiger partial charge is 0.381 e. The molecule has 0 spiro atoms. The average Bonchev–Trinajstić information content (AvgIpc) is 2.83. The van der Waals surface area contributed by atoms with E-state index in [2.05, 4.69) is 9.88 Å². The summed E-state index contributed by atoms with van der Waals surface area (Å²) in [5.41, 5.74) is 5.82. The van der Waals surface area contributed by atoms with E-state index in [4.69, 9.17) is 5.73 Å². The van der Waals surface area contributed by atoms with Crippen molar-refractivity contribution in [1.82, 2.24) is 18.6 Å². The molecule has 1 fully saturated rings. The molecule has 0 aliphatic carbocycles. The van der Waals surface area contributed by atoms with Gasteiger partial charge in [-0.3, -0.25) is 4.40 Å². The van der Waals surface area contributed by atoms with Crippen molar-refractivity contribution in [3.8, 4) is 0 Å². The highest BCUT2D eigenvalue weighted by Crippen LogP contribution is 2.26. The van der Waals surface area contributed by atoms with Crippen LogP contribution < -0.4 is 5.73 Å². The van der Waals surface area contributed by atoms with Gasteiger partial charge in [-0.1, -0.05) is 0 Å². The van der Waals surface area contributed by atoms with Gasteiger partial charge in [0.2, 0.25) is 0 Å². The zero-order valence-corrected chi connectivity index (χ0v) is 12.8. The Bertz CT molecular complexity index is 720. The number of fused-ring (bicyclic) bond motifs is 1. The summed E-state index contributed by atoms with van der Waals surface area (Å²) >= 11 is 1.37.